The largest absolute Gasteiger partial charge is 0.354 e. The van der Waals surface area contributed by atoms with Crippen LogP contribution in [-0.4, -0.2) is 36.4 Å². The molecule has 1 saturated heterocycles. The van der Waals surface area contributed by atoms with E-state index in [1.165, 1.54) is 12.8 Å². The molecule has 0 spiro atoms. The van der Waals surface area contributed by atoms with Crippen molar-refractivity contribution in [1.82, 2.24) is 15.5 Å². The van der Waals surface area contributed by atoms with Gasteiger partial charge in [-0.3, -0.25) is 0 Å². The van der Waals surface area contributed by atoms with E-state index in [-0.39, 0.29) is 0 Å². The first-order valence-corrected chi connectivity index (χ1v) is 7.02. The first-order chi connectivity index (χ1) is 9.35. The molecule has 1 aliphatic heterocycles. The van der Waals surface area contributed by atoms with Crippen molar-refractivity contribution < 1.29 is 0 Å². The van der Waals surface area contributed by atoms with Crippen molar-refractivity contribution in [3.63, 3.8) is 0 Å². The fourth-order valence-corrected chi connectivity index (χ4v) is 2.57. The molecule has 2 rings (SSSR count). The molecule has 0 unspecified atom stereocenters. The Hall–Kier alpha value is -1.67. The smallest absolute Gasteiger partial charge is 0.169 e. The molecule has 1 aliphatic rings. The molecule has 0 amide bonds. The zero-order valence-corrected chi connectivity index (χ0v) is 11.5. The standard InChI is InChI=1S/C14H21N5/c1-2-9-19(11-12-3-6-16-7-4-12)14-13(10-15)5-8-17-18-14/h5,8,12,16H,2-4,6-7,9,11H2,1H3. The van der Waals surface area contributed by atoms with Gasteiger partial charge in [-0.25, -0.2) is 0 Å². The van der Waals surface area contributed by atoms with Crippen LogP contribution in [0, 0.1) is 17.2 Å². The van der Waals surface area contributed by atoms with Crippen LogP contribution in [0.4, 0.5) is 5.82 Å². The molecule has 2 heterocycles. The topological polar surface area (TPSA) is 64.8 Å². The SMILES string of the molecule is CCCN(CC1CCNCC1)c1nnccc1C#N. The van der Waals surface area contributed by atoms with E-state index in [1.807, 2.05) is 0 Å². The molecular formula is C14H21N5. The van der Waals surface area contributed by atoms with Crippen LogP contribution in [0.3, 0.4) is 0 Å². The number of nitriles is 1. The molecule has 0 atom stereocenters. The van der Waals surface area contributed by atoms with Crippen LogP contribution in [0.25, 0.3) is 0 Å². The number of nitrogens with zero attached hydrogens (tertiary/aromatic N) is 4. The molecule has 5 nitrogen and oxygen atoms in total. The Bertz CT molecular complexity index is 434. The van der Waals surface area contributed by atoms with Gasteiger partial charge in [0.2, 0.25) is 0 Å². The molecule has 19 heavy (non-hydrogen) atoms. The van der Waals surface area contributed by atoms with E-state index in [0.717, 1.165) is 38.4 Å². The van der Waals surface area contributed by atoms with Crippen molar-refractivity contribution in [2.75, 3.05) is 31.1 Å². The zero-order valence-electron chi connectivity index (χ0n) is 11.5. The quantitative estimate of drug-likeness (QED) is 0.869. The number of rotatable bonds is 5. The minimum absolute atomic E-state index is 0.623. The molecule has 1 fully saturated rings. The third kappa shape index (κ3) is 3.65. The van der Waals surface area contributed by atoms with E-state index < -0.39 is 0 Å². The van der Waals surface area contributed by atoms with Crippen LogP contribution < -0.4 is 10.2 Å². The van der Waals surface area contributed by atoms with E-state index in [9.17, 15) is 5.26 Å². The van der Waals surface area contributed by atoms with Crippen molar-refractivity contribution in [3.8, 4) is 6.07 Å². The monoisotopic (exact) mass is 259 g/mol. The van der Waals surface area contributed by atoms with Crippen LogP contribution in [-0.2, 0) is 0 Å². The van der Waals surface area contributed by atoms with Gasteiger partial charge in [0.1, 0.15) is 6.07 Å². The van der Waals surface area contributed by atoms with Crippen molar-refractivity contribution in [2.45, 2.75) is 26.2 Å². The summed E-state index contributed by atoms with van der Waals surface area (Å²) < 4.78 is 0. The van der Waals surface area contributed by atoms with E-state index in [4.69, 9.17) is 0 Å². The zero-order chi connectivity index (χ0) is 13.5. The number of hydrogen-bond acceptors (Lipinski definition) is 5. The number of hydrogen-bond donors (Lipinski definition) is 1. The third-order valence-corrected chi connectivity index (χ3v) is 3.55. The summed E-state index contributed by atoms with van der Waals surface area (Å²) in [5, 5.41) is 20.7. The second-order valence-electron chi connectivity index (χ2n) is 5.02. The molecule has 5 heteroatoms. The molecule has 0 saturated carbocycles. The highest BCUT2D eigenvalue weighted by atomic mass is 15.3. The lowest BCUT2D eigenvalue weighted by molar-refractivity contribution is 0.372. The van der Waals surface area contributed by atoms with Gasteiger partial charge in [0.15, 0.2) is 5.82 Å². The van der Waals surface area contributed by atoms with Crippen molar-refractivity contribution >= 4 is 5.82 Å². The number of aromatic nitrogens is 2. The third-order valence-electron chi connectivity index (χ3n) is 3.55. The van der Waals surface area contributed by atoms with Gasteiger partial charge < -0.3 is 10.2 Å². The minimum Gasteiger partial charge on any atom is -0.354 e. The van der Waals surface area contributed by atoms with Crippen molar-refractivity contribution in [1.29, 1.82) is 5.26 Å². The summed E-state index contributed by atoms with van der Waals surface area (Å²) in [5.74, 6) is 1.42. The summed E-state index contributed by atoms with van der Waals surface area (Å²) in [7, 11) is 0. The number of anilines is 1. The van der Waals surface area contributed by atoms with Gasteiger partial charge in [-0.15, -0.1) is 5.10 Å². The molecule has 0 radical (unpaired) electrons. The van der Waals surface area contributed by atoms with Crippen LogP contribution in [0.2, 0.25) is 0 Å². The average Bonchev–Trinajstić information content (AvgIpc) is 2.48. The van der Waals surface area contributed by atoms with E-state index in [2.05, 4.69) is 33.4 Å². The highest BCUT2D eigenvalue weighted by molar-refractivity contribution is 5.52. The molecule has 0 bridgehead atoms. The summed E-state index contributed by atoms with van der Waals surface area (Å²) in [4.78, 5) is 2.22. The molecule has 1 N–H and O–H groups in total. The number of piperidine rings is 1. The first-order valence-electron chi connectivity index (χ1n) is 7.02. The predicted octanol–water partition coefficient (Wildman–Crippen LogP) is 1.56. The summed E-state index contributed by atoms with van der Waals surface area (Å²) in [6.07, 6.45) is 5.02. The summed E-state index contributed by atoms with van der Waals surface area (Å²) in [6, 6.07) is 3.96. The Kier molecular flexibility index (Phi) is 5.10. The minimum atomic E-state index is 0.623. The Morgan fingerprint density at radius 1 is 1.47 bits per heavy atom. The summed E-state index contributed by atoms with van der Waals surface area (Å²) >= 11 is 0. The average molecular weight is 259 g/mol. The predicted molar refractivity (Wildman–Crippen MR) is 74.8 cm³/mol. The second kappa shape index (κ2) is 7.05. The van der Waals surface area contributed by atoms with Crippen LogP contribution in [0.15, 0.2) is 12.3 Å². The highest BCUT2D eigenvalue weighted by Gasteiger charge is 2.19. The van der Waals surface area contributed by atoms with Gasteiger partial charge in [0.05, 0.1) is 11.8 Å². The van der Waals surface area contributed by atoms with E-state index >= 15 is 0 Å². The summed E-state index contributed by atoms with van der Waals surface area (Å²) in [5.41, 5.74) is 0.623. The van der Waals surface area contributed by atoms with Crippen LogP contribution >= 0.6 is 0 Å². The van der Waals surface area contributed by atoms with Crippen LogP contribution in [0.5, 0.6) is 0 Å². The van der Waals surface area contributed by atoms with E-state index in [1.54, 1.807) is 12.3 Å². The highest BCUT2D eigenvalue weighted by Crippen LogP contribution is 2.20. The van der Waals surface area contributed by atoms with Gasteiger partial charge in [0, 0.05) is 13.1 Å². The number of nitrogens with one attached hydrogen (secondary N) is 1. The maximum atomic E-state index is 9.19. The molecule has 0 aromatic carbocycles. The van der Waals surface area contributed by atoms with Gasteiger partial charge in [-0.2, -0.15) is 10.4 Å². The Morgan fingerprint density at radius 3 is 2.95 bits per heavy atom. The maximum absolute atomic E-state index is 9.19. The summed E-state index contributed by atoms with van der Waals surface area (Å²) in [6.45, 7) is 6.24. The normalized spacial score (nSPS) is 16.0. The van der Waals surface area contributed by atoms with Gasteiger partial charge in [0.25, 0.3) is 0 Å². The second-order valence-corrected chi connectivity index (χ2v) is 5.02. The fourth-order valence-electron chi connectivity index (χ4n) is 2.57. The molecule has 102 valence electrons. The molecule has 1 aromatic heterocycles. The van der Waals surface area contributed by atoms with Gasteiger partial charge in [-0.05, 0) is 44.3 Å². The first kappa shape index (κ1) is 13.8. The maximum Gasteiger partial charge on any atom is 0.169 e. The lowest BCUT2D eigenvalue weighted by atomic mass is 9.97. The lowest BCUT2D eigenvalue weighted by Crippen LogP contribution is -2.37. The lowest BCUT2D eigenvalue weighted by Gasteiger charge is -2.30. The molecular weight excluding hydrogens is 238 g/mol. The van der Waals surface area contributed by atoms with Crippen molar-refractivity contribution in [2.24, 2.45) is 5.92 Å². The van der Waals surface area contributed by atoms with Crippen LogP contribution in [0.1, 0.15) is 31.7 Å². The van der Waals surface area contributed by atoms with Crippen molar-refractivity contribution in [3.05, 3.63) is 17.8 Å². The molecule has 1 aromatic rings. The molecule has 0 aliphatic carbocycles. The Balaban J connectivity index is 2.12. The van der Waals surface area contributed by atoms with E-state index in [0.29, 0.717) is 11.5 Å². The van der Waals surface area contributed by atoms with Gasteiger partial charge >= 0.3 is 0 Å². The fraction of sp³-hybridized carbons (Fsp3) is 0.643. The Labute approximate surface area is 114 Å². The Morgan fingerprint density at radius 2 is 2.26 bits per heavy atom. The van der Waals surface area contributed by atoms with Gasteiger partial charge in [-0.1, -0.05) is 6.92 Å².